The van der Waals surface area contributed by atoms with Crippen molar-refractivity contribution < 1.29 is 72.6 Å². The van der Waals surface area contributed by atoms with Crippen LogP contribution in [0.2, 0.25) is 0 Å². The summed E-state index contributed by atoms with van der Waals surface area (Å²) in [6.07, 6.45) is 0.0694. The summed E-state index contributed by atoms with van der Waals surface area (Å²) in [5.41, 5.74) is 4.85. The predicted molar refractivity (Wildman–Crippen MR) is 49.2 cm³/mol. The van der Waals surface area contributed by atoms with Crippen LogP contribution < -0.4 is 57.1 Å². The second kappa shape index (κ2) is 22.9. The van der Waals surface area contributed by atoms with E-state index in [4.69, 9.17) is 20.7 Å². The molecule has 0 aliphatic rings. The molecule has 0 rings (SSSR count). The van der Waals surface area contributed by atoms with E-state index in [-0.39, 0.29) is 80.6 Å². The van der Waals surface area contributed by atoms with E-state index in [9.17, 15) is 4.79 Å². The van der Waals surface area contributed by atoms with Crippen molar-refractivity contribution in [2.75, 3.05) is 6.54 Å². The predicted octanol–water partition coefficient (Wildman–Crippen LogP) is -2.10. The first-order valence-corrected chi connectivity index (χ1v) is 2.62. The maximum Gasteiger partial charge on any atom is 1.00 e. The van der Waals surface area contributed by atoms with E-state index >= 15 is 0 Å². The monoisotopic (exact) mass is 221 g/mol. The molecule has 0 unspecified atom stereocenters. The third kappa shape index (κ3) is 111. The van der Waals surface area contributed by atoms with E-state index in [0.29, 0.717) is 0 Å². The summed E-state index contributed by atoms with van der Waals surface area (Å²) in [4.78, 5) is 18.5. The number of aliphatic carboxylic acids is 2. The molecule has 13 heavy (non-hydrogen) atoms. The van der Waals surface area contributed by atoms with Gasteiger partial charge in [0.05, 0.1) is 6.42 Å². The van der Waals surface area contributed by atoms with E-state index in [0.717, 1.165) is 6.92 Å². The molecule has 0 atom stereocenters. The first-order chi connectivity index (χ1) is 4.50. The van der Waals surface area contributed by atoms with Crippen LogP contribution in [0, 0.1) is 0 Å². The molecule has 0 saturated carbocycles. The van der Waals surface area contributed by atoms with Gasteiger partial charge >= 0.3 is 57.4 Å². The molecule has 0 aromatic rings. The van der Waals surface area contributed by atoms with Crippen LogP contribution in [-0.2, 0) is 9.59 Å². The summed E-state index contributed by atoms with van der Waals surface area (Å²) < 4.78 is 0. The SMILES string of the molecule is C.C.CC(=O)O.NCCC(=O)O.[H-].[K+]. The van der Waals surface area contributed by atoms with Gasteiger partial charge in [0.15, 0.2) is 0 Å². The number of carbonyl (C=O) groups is 2. The molecule has 4 N–H and O–H groups in total. The Kier molecular flexibility index (Phi) is 51.4. The molecule has 5 nitrogen and oxygen atoms in total. The zero-order chi connectivity index (χ0) is 8.57. The molecule has 0 aliphatic heterocycles. The van der Waals surface area contributed by atoms with Crippen LogP contribution >= 0.6 is 0 Å². The Morgan fingerprint density at radius 2 is 1.54 bits per heavy atom. The fraction of sp³-hybridized carbons (Fsp3) is 0.714. The molecular weight excluding hydrogens is 201 g/mol. The summed E-state index contributed by atoms with van der Waals surface area (Å²) in [6, 6.07) is 0. The van der Waals surface area contributed by atoms with Gasteiger partial charge in [0.25, 0.3) is 5.97 Å². The number of nitrogens with two attached hydrogens (primary N) is 1. The largest absolute Gasteiger partial charge is 1.00 e. The molecule has 0 heterocycles. The van der Waals surface area contributed by atoms with E-state index in [2.05, 4.69) is 0 Å². The maximum absolute atomic E-state index is 9.52. The Balaban J connectivity index is -0.0000000185. The molecule has 78 valence electrons. The van der Waals surface area contributed by atoms with Gasteiger partial charge in [-0.3, -0.25) is 9.59 Å². The topological polar surface area (TPSA) is 101 Å². The molecule has 0 bridgehead atoms. The zero-order valence-corrected chi connectivity index (χ0v) is 9.83. The van der Waals surface area contributed by atoms with Crippen molar-refractivity contribution >= 4 is 11.9 Å². The van der Waals surface area contributed by atoms with Gasteiger partial charge in [-0.15, -0.1) is 0 Å². The van der Waals surface area contributed by atoms with Gasteiger partial charge in [-0.1, -0.05) is 14.9 Å². The third-order valence-corrected chi connectivity index (χ3v) is 0.358. The van der Waals surface area contributed by atoms with E-state index < -0.39 is 11.9 Å². The van der Waals surface area contributed by atoms with Crippen molar-refractivity contribution in [2.24, 2.45) is 5.73 Å². The van der Waals surface area contributed by atoms with E-state index in [1.54, 1.807) is 0 Å². The Morgan fingerprint density at radius 1 is 1.31 bits per heavy atom. The third-order valence-electron chi connectivity index (χ3n) is 0.358. The summed E-state index contributed by atoms with van der Waals surface area (Å²) in [5, 5.41) is 15.3. The molecular formula is C7H20KNO4. The van der Waals surface area contributed by atoms with Crippen molar-refractivity contribution in [3.63, 3.8) is 0 Å². The molecule has 0 radical (unpaired) electrons. The van der Waals surface area contributed by atoms with E-state index in [1.165, 1.54) is 0 Å². The van der Waals surface area contributed by atoms with Crippen LogP contribution in [0.15, 0.2) is 0 Å². The fourth-order valence-electron chi connectivity index (χ4n) is 0.123. The number of hydrogen-bond donors (Lipinski definition) is 3. The number of rotatable bonds is 2. The summed E-state index contributed by atoms with van der Waals surface area (Å²) >= 11 is 0. The van der Waals surface area contributed by atoms with Gasteiger partial charge in [0.2, 0.25) is 0 Å². The van der Waals surface area contributed by atoms with Crippen LogP contribution in [0.1, 0.15) is 29.6 Å². The van der Waals surface area contributed by atoms with Gasteiger partial charge < -0.3 is 17.4 Å². The van der Waals surface area contributed by atoms with Gasteiger partial charge in [0.1, 0.15) is 0 Å². The Labute approximate surface area is 124 Å². The van der Waals surface area contributed by atoms with Gasteiger partial charge in [-0.25, -0.2) is 0 Å². The molecule has 0 aromatic carbocycles. The molecule has 0 aromatic heterocycles. The quantitative estimate of drug-likeness (QED) is 0.464. The minimum absolute atomic E-state index is 0. The Bertz CT molecular complexity index is 120. The first-order valence-electron chi connectivity index (χ1n) is 2.62. The fourth-order valence-corrected chi connectivity index (χ4v) is 0.123. The molecule has 0 aliphatic carbocycles. The number of carboxylic acid groups (broad SMARTS) is 2. The summed E-state index contributed by atoms with van der Waals surface area (Å²) in [7, 11) is 0. The van der Waals surface area contributed by atoms with Crippen molar-refractivity contribution in [3.8, 4) is 0 Å². The average molecular weight is 221 g/mol. The standard InChI is InChI=1S/C3H7NO2.C2H4O2.2CH4.K.H/c4-2-1-3(5)6;1-2(3)4;;;;/h1-2,4H2,(H,5,6);1H3,(H,3,4);2*1H4;;/q;;;;+1;-1. The van der Waals surface area contributed by atoms with Crippen LogP contribution in [0.3, 0.4) is 0 Å². The van der Waals surface area contributed by atoms with Crippen LogP contribution in [0.4, 0.5) is 0 Å². The smallest absolute Gasteiger partial charge is 1.00 e. The maximum atomic E-state index is 9.52. The minimum atomic E-state index is -0.836. The molecule has 0 saturated heterocycles. The van der Waals surface area contributed by atoms with Gasteiger partial charge in [-0.2, -0.15) is 0 Å². The molecule has 0 spiro atoms. The van der Waals surface area contributed by atoms with Crippen molar-refractivity contribution in [1.29, 1.82) is 0 Å². The summed E-state index contributed by atoms with van der Waals surface area (Å²) in [6.45, 7) is 1.31. The Hall–Kier alpha value is 0.536. The van der Waals surface area contributed by atoms with Crippen molar-refractivity contribution in [2.45, 2.75) is 28.2 Å². The van der Waals surface area contributed by atoms with Crippen LogP contribution in [-0.4, -0.2) is 28.7 Å². The van der Waals surface area contributed by atoms with Crippen molar-refractivity contribution in [3.05, 3.63) is 0 Å². The second-order valence-electron chi connectivity index (χ2n) is 1.45. The van der Waals surface area contributed by atoms with Crippen molar-refractivity contribution in [1.82, 2.24) is 0 Å². The van der Waals surface area contributed by atoms with Gasteiger partial charge in [0, 0.05) is 13.5 Å². The Morgan fingerprint density at radius 3 is 1.54 bits per heavy atom. The zero-order valence-electron chi connectivity index (χ0n) is 7.70. The normalized spacial score (nSPS) is 5.69. The average Bonchev–Trinajstić information content (AvgIpc) is 1.62. The number of hydrogen-bond acceptors (Lipinski definition) is 3. The minimum Gasteiger partial charge on any atom is -1.00 e. The number of carboxylic acids is 2. The van der Waals surface area contributed by atoms with Crippen LogP contribution in [0.5, 0.6) is 0 Å². The molecule has 0 amide bonds. The first kappa shape index (κ1) is 29.2. The second-order valence-corrected chi connectivity index (χ2v) is 1.45. The van der Waals surface area contributed by atoms with Gasteiger partial charge in [-0.05, 0) is 0 Å². The van der Waals surface area contributed by atoms with E-state index in [1.807, 2.05) is 0 Å². The molecule has 0 fully saturated rings. The molecule has 6 heteroatoms. The summed E-state index contributed by atoms with van der Waals surface area (Å²) in [5.74, 6) is -1.67. The van der Waals surface area contributed by atoms with Crippen LogP contribution in [0.25, 0.3) is 0 Å².